The first kappa shape index (κ1) is 24.0. The summed E-state index contributed by atoms with van der Waals surface area (Å²) in [5.74, 6) is -0.855. The van der Waals surface area contributed by atoms with Crippen LogP contribution in [-0.2, 0) is 21.3 Å². The molecule has 2 aromatic rings. The molecule has 1 aliphatic heterocycles. The van der Waals surface area contributed by atoms with Gasteiger partial charge in [0.05, 0.1) is 11.0 Å². The Hall–Kier alpha value is -2.70. The van der Waals surface area contributed by atoms with E-state index in [0.29, 0.717) is 6.61 Å². The molecule has 3 rings (SSSR count). The zero-order valence-corrected chi connectivity index (χ0v) is 17.7. The van der Waals surface area contributed by atoms with Crippen molar-refractivity contribution in [1.29, 1.82) is 0 Å². The summed E-state index contributed by atoms with van der Waals surface area (Å²) in [5, 5.41) is 2.53. The number of rotatable bonds is 9. The summed E-state index contributed by atoms with van der Waals surface area (Å²) in [4.78, 5) is 16.2. The van der Waals surface area contributed by atoms with Gasteiger partial charge in [0.15, 0.2) is 6.61 Å². The molecular weight excluding hydrogens is 451 g/mol. The molecule has 1 amide bonds. The largest absolute Gasteiger partial charge is 0.468 e. The van der Waals surface area contributed by atoms with Crippen LogP contribution in [0.4, 0.5) is 13.2 Å². The molecule has 0 spiro atoms. The standard InChI is InChI=1S/C20H22F3N3O5S/c21-20(22,23)13-31-19-15(5-2-8-24-19)11-25-18(27)14-4-1-7-17(10-14)32(28,29)26-12-16-6-3-9-30-16/h1-2,4-5,7-8,10,16,26H,3,6,9,11-13H2,(H,25,27). The van der Waals surface area contributed by atoms with Crippen LogP contribution < -0.4 is 14.8 Å². The number of carbonyl (C=O) groups is 1. The van der Waals surface area contributed by atoms with Crippen LogP contribution in [0.15, 0.2) is 47.5 Å². The van der Waals surface area contributed by atoms with Crippen molar-refractivity contribution in [1.82, 2.24) is 15.0 Å². The van der Waals surface area contributed by atoms with Crippen molar-refractivity contribution in [3.05, 3.63) is 53.7 Å². The lowest BCUT2D eigenvalue weighted by molar-refractivity contribution is -0.154. The molecule has 1 fully saturated rings. The zero-order chi connectivity index (χ0) is 23.2. The Morgan fingerprint density at radius 2 is 2.06 bits per heavy atom. The van der Waals surface area contributed by atoms with Crippen LogP contribution >= 0.6 is 0 Å². The van der Waals surface area contributed by atoms with Crippen molar-refractivity contribution in [3.8, 4) is 5.88 Å². The predicted molar refractivity (Wildman–Crippen MR) is 108 cm³/mol. The first-order chi connectivity index (χ1) is 15.1. The van der Waals surface area contributed by atoms with Crippen LogP contribution in [0, 0.1) is 0 Å². The van der Waals surface area contributed by atoms with E-state index in [4.69, 9.17) is 4.74 Å². The molecule has 32 heavy (non-hydrogen) atoms. The third-order valence-electron chi connectivity index (χ3n) is 4.59. The Morgan fingerprint density at radius 3 is 2.78 bits per heavy atom. The van der Waals surface area contributed by atoms with Gasteiger partial charge < -0.3 is 14.8 Å². The summed E-state index contributed by atoms with van der Waals surface area (Å²) >= 11 is 0. The van der Waals surface area contributed by atoms with E-state index in [1.54, 1.807) is 0 Å². The first-order valence-electron chi connectivity index (χ1n) is 9.77. The Bertz CT molecular complexity index is 1040. The van der Waals surface area contributed by atoms with Gasteiger partial charge in [-0.2, -0.15) is 13.2 Å². The number of sulfonamides is 1. The van der Waals surface area contributed by atoms with Gasteiger partial charge in [-0.3, -0.25) is 4.79 Å². The lowest BCUT2D eigenvalue weighted by atomic mass is 10.2. The molecule has 1 saturated heterocycles. The molecule has 0 aliphatic carbocycles. The molecule has 174 valence electrons. The second-order valence-electron chi connectivity index (χ2n) is 7.07. The van der Waals surface area contributed by atoms with Crippen molar-refractivity contribution in [2.24, 2.45) is 0 Å². The Kier molecular flexibility index (Phi) is 7.69. The molecule has 8 nitrogen and oxygen atoms in total. The number of nitrogens with one attached hydrogen (secondary N) is 2. The van der Waals surface area contributed by atoms with Crippen LogP contribution in [0.1, 0.15) is 28.8 Å². The molecule has 1 aromatic heterocycles. The summed E-state index contributed by atoms with van der Waals surface area (Å²) in [6.07, 6.45) is -1.78. The summed E-state index contributed by atoms with van der Waals surface area (Å²) in [7, 11) is -3.85. The summed E-state index contributed by atoms with van der Waals surface area (Å²) in [5.41, 5.74) is 0.318. The lowest BCUT2D eigenvalue weighted by Gasteiger charge is -2.13. The molecule has 0 saturated carbocycles. The predicted octanol–water partition coefficient (Wildman–Crippen LogP) is 2.41. The number of carbonyl (C=O) groups excluding carboxylic acids is 1. The van der Waals surface area contributed by atoms with E-state index >= 15 is 0 Å². The van der Waals surface area contributed by atoms with Crippen molar-refractivity contribution < 1.29 is 35.9 Å². The van der Waals surface area contributed by atoms with Gasteiger partial charge in [0.25, 0.3) is 5.91 Å². The quantitative estimate of drug-likeness (QED) is 0.579. The van der Waals surface area contributed by atoms with Gasteiger partial charge in [0.1, 0.15) is 0 Å². The minimum atomic E-state index is -4.53. The van der Waals surface area contributed by atoms with Gasteiger partial charge in [-0.1, -0.05) is 12.1 Å². The minimum Gasteiger partial charge on any atom is -0.468 e. The smallest absolute Gasteiger partial charge is 0.422 e. The first-order valence-corrected chi connectivity index (χ1v) is 11.3. The maximum absolute atomic E-state index is 12.5. The zero-order valence-electron chi connectivity index (χ0n) is 16.9. The van der Waals surface area contributed by atoms with Crippen molar-refractivity contribution in [2.45, 2.75) is 36.6 Å². The second-order valence-corrected chi connectivity index (χ2v) is 8.84. The van der Waals surface area contributed by atoms with Gasteiger partial charge >= 0.3 is 6.18 Å². The van der Waals surface area contributed by atoms with E-state index in [1.165, 1.54) is 42.6 Å². The van der Waals surface area contributed by atoms with Gasteiger partial charge in [0.2, 0.25) is 15.9 Å². The van der Waals surface area contributed by atoms with Gasteiger partial charge in [-0.15, -0.1) is 0 Å². The van der Waals surface area contributed by atoms with Gasteiger partial charge in [0, 0.05) is 37.0 Å². The van der Waals surface area contributed by atoms with Crippen LogP contribution in [-0.4, -0.2) is 51.3 Å². The molecule has 1 aliphatic rings. The van der Waals surface area contributed by atoms with E-state index in [9.17, 15) is 26.4 Å². The normalized spacial score (nSPS) is 16.7. The fourth-order valence-electron chi connectivity index (χ4n) is 3.01. The highest BCUT2D eigenvalue weighted by Gasteiger charge is 2.29. The molecule has 2 heterocycles. The summed E-state index contributed by atoms with van der Waals surface area (Å²) in [6, 6.07) is 8.40. The molecule has 1 unspecified atom stereocenters. The van der Waals surface area contributed by atoms with Crippen LogP contribution in [0.3, 0.4) is 0 Å². The van der Waals surface area contributed by atoms with Gasteiger partial charge in [-0.25, -0.2) is 18.1 Å². The van der Waals surface area contributed by atoms with E-state index in [2.05, 4.69) is 19.8 Å². The number of halogens is 3. The highest BCUT2D eigenvalue weighted by atomic mass is 32.2. The van der Waals surface area contributed by atoms with Gasteiger partial charge in [-0.05, 0) is 37.1 Å². The van der Waals surface area contributed by atoms with Crippen molar-refractivity contribution >= 4 is 15.9 Å². The van der Waals surface area contributed by atoms with Crippen LogP contribution in [0.2, 0.25) is 0 Å². The van der Waals surface area contributed by atoms with E-state index < -0.39 is 28.7 Å². The highest BCUT2D eigenvalue weighted by molar-refractivity contribution is 7.89. The second kappa shape index (κ2) is 10.3. The maximum atomic E-state index is 12.5. The number of nitrogens with zero attached hydrogens (tertiary/aromatic N) is 1. The number of hydrogen-bond acceptors (Lipinski definition) is 6. The van der Waals surface area contributed by atoms with Crippen LogP contribution in [0.5, 0.6) is 5.88 Å². The summed E-state index contributed by atoms with van der Waals surface area (Å²) < 4.78 is 74.8. The van der Waals surface area contributed by atoms with E-state index in [0.717, 1.165) is 12.8 Å². The average molecular weight is 473 g/mol. The Morgan fingerprint density at radius 1 is 1.25 bits per heavy atom. The lowest BCUT2D eigenvalue weighted by Crippen LogP contribution is -2.32. The maximum Gasteiger partial charge on any atom is 0.422 e. The number of pyridine rings is 1. The average Bonchev–Trinajstić information content (AvgIpc) is 3.28. The highest BCUT2D eigenvalue weighted by Crippen LogP contribution is 2.20. The monoisotopic (exact) mass is 473 g/mol. The number of benzene rings is 1. The number of amides is 1. The SMILES string of the molecule is O=C(NCc1cccnc1OCC(F)(F)F)c1cccc(S(=O)(=O)NCC2CCCO2)c1. The topological polar surface area (TPSA) is 107 Å². The Labute approximate surface area is 183 Å². The summed E-state index contributed by atoms with van der Waals surface area (Å²) in [6.45, 7) is -0.930. The fraction of sp³-hybridized carbons (Fsp3) is 0.400. The molecule has 12 heteroatoms. The Balaban J connectivity index is 1.63. The molecule has 0 bridgehead atoms. The number of alkyl halides is 3. The fourth-order valence-corrected chi connectivity index (χ4v) is 4.12. The van der Waals surface area contributed by atoms with E-state index in [1.807, 2.05) is 0 Å². The molecular formula is C20H22F3N3O5S. The molecule has 2 N–H and O–H groups in total. The minimum absolute atomic E-state index is 0.0756. The molecule has 1 atom stereocenters. The third kappa shape index (κ3) is 6.90. The van der Waals surface area contributed by atoms with Crippen molar-refractivity contribution in [2.75, 3.05) is 19.8 Å². The van der Waals surface area contributed by atoms with E-state index in [-0.39, 0.29) is 41.1 Å². The number of hydrogen-bond donors (Lipinski definition) is 2. The van der Waals surface area contributed by atoms with Crippen LogP contribution in [0.25, 0.3) is 0 Å². The third-order valence-corrected chi connectivity index (χ3v) is 6.01. The number of aromatic nitrogens is 1. The molecule has 0 radical (unpaired) electrons. The number of ether oxygens (including phenoxy) is 2. The van der Waals surface area contributed by atoms with Crippen molar-refractivity contribution in [3.63, 3.8) is 0 Å². The molecule has 1 aromatic carbocycles.